The minimum Gasteiger partial charge on any atom is -0.328 e. The van der Waals surface area contributed by atoms with Crippen LogP contribution in [0.4, 0.5) is 0 Å². The highest BCUT2D eigenvalue weighted by atomic mass is 35.5. The molecule has 0 aromatic rings. The lowest BCUT2D eigenvalue weighted by atomic mass is 9.93. The average Bonchev–Trinajstić information content (AvgIpc) is 2.08. The van der Waals surface area contributed by atoms with Crippen molar-refractivity contribution in [1.82, 2.24) is 4.72 Å². The Morgan fingerprint density at radius 2 is 1.86 bits per heavy atom. The molecule has 0 atom stereocenters. The van der Waals surface area contributed by atoms with Gasteiger partial charge in [0, 0.05) is 18.0 Å². The fourth-order valence-corrected chi connectivity index (χ4v) is 3.33. The molecule has 4 nitrogen and oxygen atoms in total. The van der Waals surface area contributed by atoms with Gasteiger partial charge in [0.15, 0.2) is 0 Å². The van der Waals surface area contributed by atoms with Gasteiger partial charge >= 0.3 is 0 Å². The highest BCUT2D eigenvalue weighted by Gasteiger charge is 2.22. The summed E-state index contributed by atoms with van der Waals surface area (Å²) in [5.74, 6) is 0.138. The van der Waals surface area contributed by atoms with Gasteiger partial charge in [0.25, 0.3) is 0 Å². The summed E-state index contributed by atoms with van der Waals surface area (Å²) in [6.45, 7) is 0. The average molecular weight is 241 g/mol. The van der Waals surface area contributed by atoms with Crippen LogP contribution in [0, 0.1) is 0 Å². The van der Waals surface area contributed by atoms with Crippen LogP contribution in [0.1, 0.15) is 25.7 Å². The zero-order valence-electron chi connectivity index (χ0n) is 8.08. The van der Waals surface area contributed by atoms with Crippen LogP contribution < -0.4 is 10.5 Å². The van der Waals surface area contributed by atoms with E-state index in [2.05, 4.69) is 4.72 Å². The van der Waals surface area contributed by atoms with E-state index < -0.39 is 10.0 Å². The van der Waals surface area contributed by atoms with Crippen molar-refractivity contribution in [2.75, 3.05) is 11.6 Å². The Hall–Kier alpha value is 0.160. The molecule has 6 heteroatoms. The van der Waals surface area contributed by atoms with E-state index in [1.807, 2.05) is 0 Å². The number of nitrogens with two attached hydrogens (primary N) is 1. The molecule has 0 aromatic carbocycles. The molecule has 0 spiro atoms. The smallest absolute Gasteiger partial charge is 0.213 e. The third-order valence-electron chi connectivity index (χ3n) is 2.46. The molecule has 0 aliphatic heterocycles. The predicted molar refractivity (Wildman–Crippen MR) is 57.9 cm³/mol. The fourth-order valence-electron chi connectivity index (χ4n) is 1.65. The standard InChI is InChI=1S/C8H17ClN2O2S/c9-5-6-14(12,13)11-8-3-1-7(10)2-4-8/h7-8,11H,1-6,10H2. The zero-order valence-corrected chi connectivity index (χ0v) is 9.65. The van der Waals surface area contributed by atoms with E-state index >= 15 is 0 Å². The summed E-state index contributed by atoms with van der Waals surface area (Å²) in [5.41, 5.74) is 5.72. The Balaban J connectivity index is 2.37. The lowest BCUT2D eigenvalue weighted by Crippen LogP contribution is -2.41. The maximum absolute atomic E-state index is 11.4. The number of halogens is 1. The van der Waals surface area contributed by atoms with Crippen LogP contribution in [0.25, 0.3) is 0 Å². The molecule has 1 aliphatic carbocycles. The first-order chi connectivity index (χ1) is 6.53. The molecule has 0 amide bonds. The number of sulfonamides is 1. The van der Waals surface area contributed by atoms with E-state index in [1.165, 1.54) is 0 Å². The van der Waals surface area contributed by atoms with E-state index in [4.69, 9.17) is 17.3 Å². The van der Waals surface area contributed by atoms with Crippen molar-refractivity contribution in [3.8, 4) is 0 Å². The van der Waals surface area contributed by atoms with E-state index in [0.29, 0.717) is 0 Å². The monoisotopic (exact) mass is 240 g/mol. The Labute approximate surface area is 90.2 Å². The SMILES string of the molecule is NC1CCC(NS(=O)(=O)CCCl)CC1. The molecular weight excluding hydrogens is 224 g/mol. The third-order valence-corrected chi connectivity index (χ3v) is 4.31. The largest absolute Gasteiger partial charge is 0.328 e. The van der Waals surface area contributed by atoms with Crippen LogP contribution >= 0.6 is 11.6 Å². The summed E-state index contributed by atoms with van der Waals surface area (Å²) in [7, 11) is -3.17. The normalized spacial score (nSPS) is 29.0. The first-order valence-corrected chi connectivity index (χ1v) is 7.04. The Morgan fingerprint density at radius 1 is 1.29 bits per heavy atom. The molecule has 0 saturated heterocycles. The van der Waals surface area contributed by atoms with E-state index in [-0.39, 0.29) is 23.7 Å². The second kappa shape index (κ2) is 5.30. The first-order valence-electron chi connectivity index (χ1n) is 4.85. The van der Waals surface area contributed by atoms with E-state index in [9.17, 15) is 8.42 Å². The molecule has 1 rings (SSSR count). The minimum absolute atomic E-state index is 0.00287. The number of rotatable bonds is 4. The molecule has 0 bridgehead atoms. The summed E-state index contributed by atoms with van der Waals surface area (Å²) in [6, 6.07) is 0.298. The van der Waals surface area contributed by atoms with Crippen LogP contribution in [0.15, 0.2) is 0 Å². The third kappa shape index (κ3) is 4.13. The molecule has 0 heterocycles. The van der Waals surface area contributed by atoms with Crippen LogP contribution in [0.2, 0.25) is 0 Å². The van der Waals surface area contributed by atoms with Gasteiger partial charge in [-0.2, -0.15) is 0 Å². The molecule has 1 aliphatic rings. The van der Waals surface area contributed by atoms with Gasteiger partial charge in [-0.05, 0) is 25.7 Å². The van der Waals surface area contributed by atoms with Gasteiger partial charge in [0.1, 0.15) is 0 Å². The van der Waals surface area contributed by atoms with E-state index in [1.54, 1.807) is 0 Å². The molecule has 14 heavy (non-hydrogen) atoms. The van der Waals surface area contributed by atoms with Gasteiger partial charge in [0.2, 0.25) is 10.0 Å². The second-order valence-corrected chi connectivity index (χ2v) is 5.99. The van der Waals surface area contributed by atoms with Crippen molar-refractivity contribution in [2.24, 2.45) is 5.73 Å². The van der Waals surface area contributed by atoms with Crippen molar-refractivity contribution < 1.29 is 8.42 Å². The Morgan fingerprint density at radius 3 is 2.36 bits per heavy atom. The predicted octanol–water partition coefficient (Wildman–Crippen LogP) is 0.414. The lowest BCUT2D eigenvalue weighted by molar-refractivity contribution is 0.374. The summed E-state index contributed by atoms with van der Waals surface area (Å²) in [4.78, 5) is 0. The lowest BCUT2D eigenvalue weighted by Gasteiger charge is -2.26. The van der Waals surface area contributed by atoms with Crippen molar-refractivity contribution >= 4 is 21.6 Å². The second-order valence-electron chi connectivity index (χ2n) is 3.74. The first kappa shape index (κ1) is 12.2. The highest BCUT2D eigenvalue weighted by Crippen LogP contribution is 2.17. The molecule has 0 unspecified atom stereocenters. The molecule has 0 aromatic heterocycles. The molecule has 3 N–H and O–H groups in total. The van der Waals surface area contributed by atoms with Gasteiger partial charge in [0.05, 0.1) is 5.75 Å². The molecule has 0 radical (unpaired) electrons. The van der Waals surface area contributed by atoms with Crippen molar-refractivity contribution in [3.05, 3.63) is 0 Å². The van der Waals surface area contributed by atoms with Gasteiger partial charge in [-0.25, -0.2) is 13.1 Å². The van der Waals surface area contributed by atoms with Gasteiger partial charge in [-0.1, -0.05) is 0 Å². The number of alkyl halides is 1. The summed E-state index contributed by atoms with van der Waals surface area (Å²) < 4.78 is 25.4. The summed E-state index contributed by atoms with van der Waals surface area (Å²) >= 11 is 5.39. The van der Waals surface area contributed by atoms with Crippen LogP contribution in [-0.4, -0.2) is 32.1 Å². The summed E-state index contributed by atoms with van der Waals surface area (Å²) in [6.07, 6.45) is 3.47. The van der Waals surface area contributed by atoms with Crippen LogP contribution in [0.3, 0.4) is 0 Å². The topological polar surface area (TPSA) is 72.2 Å². The molecular formula is C8H17ClN2O2S. The molecule has 84 valence electrons. The highest BCUT2D eigenvalue weighted by molar-refractivity contribution is 7.89. The van der Waals surface area contributed by atoms with Crippen LogP contribution in [0.5, 0.6) is 0 Å². The summed E-state index contributed by atoms with van der Waals surface area (Å²) in [5, 5.41) is 0. The molecule has 1 fully saturated rings. The van der Waals surface area contributed by atoms with Gasteiger partial charge in [-0.3, -0.25) is 0 Å². The van der Waals surface area contributed by atoms with Crippen LogP contribution in [-0.2, 0) is 10.0 Å². The van der Waals surface area contributed by atoms with Gasteiger partial charge in [-0.15, -0.1) is 11.6 Å². The van der Waals surface area contributed by atoms with Crippen molar-refractivity contribution in [3.63, 3.8) is 0 Å². The Bertz CT molecular complexity index is 261. The zero-order chi connectivity index (χ0) is 10.6. The minimum atomic E-state index is -3.17. The maximum Gasteiger partial charge on any atom is 0.213 e. The fraction of sp³-hybridized carbons (Fsp3) is 1.00. The Kier molecular flexibility index (Phi) is 4.63. The van der Waals surface area contributed by atoms with Gasteiger partial charge < -0.3 is 5.73 Å². The van der Waals surface area contributed by atoms with Crippen molar-refractivity contribution in [2.45, 2.75) is 37.8 Å². The number of hydrogen-bond donors (Lipinski definition) is 2. The molecule has 1 saturated carbocycles. The van der Waals surface area contributed by atoms with E-state index in [0.717, 1.165) is 25.7 Å². The quantitative estimate of drug-likeness (QED) is 0.700. The maximum atomic E-state index is 11.4. The number of nitrogens with one attached hydrogen (secondary N) is 1. The number of hydrogen-bond acceptors (Lipinski definition) is 3. The van der Waals surface area contributed by atoms with Crippen molar-refractivity contribution in [1.29, 1.82) is 0 Å².